The maximum absolute atomic E-state index is 13.4. The van der Waals surface area contributed by atoms with Crippen LogP contribution in [0.1, 0.15) is 31.4 Å². The van der Waals surface area contributed by atoms with Crippen molar-refractivity contribution in [2.45, 2.75) is 38.3 Å². The summed E-state index contributed by atoms with van der Waals surface area (Å²) in [6.07, 6.45) is 4.34. The van der Waals surface area contributed by atoms with Gasteiger partial charge in [-0.25, -0.2) is 4.39 Å². The first-order chi connectivity index (χ1) is 14.4. The number of halogens is 3. The monoisotopic (exact) mass is 453 g/mol. The number of aromatic nitrogens is 1. The summed E-state index contributed by atoms with van der Waals surface area (Å²) in [4.78, 5) is 28.6. The van der Waals surface area contributed by atoms with E-state index in [9.17, 15) is 14.0 Å². The van der Waals surface area contributed by atoms with Gasteiger partial charge in [0.15, 0.2) is 6.61 Å². The molecule has 0 unspecified atom stereocenters. The summed E-state index contributed by atoms with van der Waals surface area (Å²) >= 11 is 11.4. The first-order valence-corrected chi connectivity index (χ1v) is 10.4. The highest BCUT2D eigenvalue weighted by atomic mass is 35.5. The van der Waals surface area contributed by atoms with E-state index in [1.54, 1.807) is 18.3 Å². The van der Waals surface area contributed by atoms with Crippen molar-refractivity contribution in [2.24, 2.45) is 5.92 Å². The number of amides is 2. The average molecular weight is 454 g/mol. The molecular weight excluding hydrogens is 432 g/mol. The van der Waals surface area contributed by atoms with Crippen LogP contribution in [-0.2, 0) is 16.1 Å². The number of carbonyl (C=O) groups is 2. The largest absolute Gasteiger partial charge is 0.484 e. The van der Waals surface area contributed by atoms with Crippen LogP contribution in [-0.4, -0.2) is 29.4 Å². The van der Waals surface area contributed by atoms with Gasteiger partial charge in [-0.2, -0.15) is 0 Å². The fourth-order valence-electron chi connectivity index (χ4n) is 3.32. The van der Waals surface area contributed by atoms with Crippen LogP contribution in [0.3, 0.4) is 0 Å². The van der Waals surface area contributed by atoms with Gasteiger partial charge in [-0.15, -0.1) is 0 Å². The lowest BCUT2D eigenvalue weighted by molar-refractivity contribution is -0.126. The number of ether oxygens (including phenoxy) is 1. The summed E-state index contributed by atoms with van der Waals surface area (Å²) in [6, 6.07) is 7.51. The van der Waals surface area contributed by atoms with Gasteiger partial charge in [-0.05, 0) is 49.9 Å². The van der Waals surface area contributed by atoms with Crippen LogP contribution in [0.25, 0.3) is 0 Å². The van der Waals surface area contributed by atoms with Crippen molar-refractivity contribution in [3.8, 4) is 5.75 Å². The van der Waals surface area contributed by atoms with Gasteiger partial charge in [0, 0.05) is 24.2 Å². The molecule has 1 heterocycles. The maximum Gasteiger partial charge on any atom is 0.258 e. The van der Waals surface area contributed by atoms with Crippen molar-refractivity contribution >= 4 is 35.0 Å². The van der Waals surface area contributed by atoms with Gasteiger partial charge in [-0.3, -0.25) is 14.6 Å². The lowest BCUT2D eigenvalue weighted by Crippen LogP contribution is -2.42. The molecule has 1 aliphatic carbocycles. The molecule has 2 N–H and O–H groups in total. The Morgan fingerprint density at radius 3 is 2.57 bits per heavy atom. The van der Waals surface area contributed by atoms with Crippen LogP contribution in [0, 0.1) is 11.7 Å². The summed E-state index contributed by atoms with van der Waals surface area (Å²) in [5.74, 6) is -0.740. The van der Waals surface area contributed by atoms with E-state index in [0.717, 1.165) is 11.8 Å². The lowest BCUT2D eigenvalue weighted by Gasteiger charge is -2.28. The normalized spacial score (nSPS) is 18.5. The van der Waals surface area contributed by atoms with Gasteiger partial charge in [0.05, 0.1) is 22.3 Å². The van der Waals surface area contributed by atoms with Crippen LogP contribution in [0.2, 0.25) is 10.0 Å². The fraction of sp³-hybridized carbons (Fsp3) is 0.381. The third kappa shape index (κ3) is 6.57. The number of nitrogens with one attached hydrogen (secondary N) is 2. The molecule has 6 nitrogen and oxygen atoms in total. The Kier molecular flexibility index (Phi) is 7.87. The standard InChI is InChI=1S/C21H22Cl2FN3O3/c22-14-3-6-16(25-10-14)11-26-21(29)13-1-4-15(5-2-13)27-20(28)12-30-17-7-8-18(23)19(24)9-17/h3,6-10,13,15H,1-2,4-5,11-12H2,(H,26,29)(H,27,28)/t13-,15-. The number of benzene rings is 1. The first kappa shape index (κ1) is 22.3. The first-order valence-electron chi connectivity index (χ1n) is 9.66. The number of carbonyl (C=O) groups excluding carboxylic acids is 2. The van der Waals surface area contributed by atoms with Gasteiger partial charge in [0.1, 0.15) is 11.6 Å². The third-order valence-electron chi connectivity index (χ3n) is 4.96. The molecular formula is C21H22Cl2FN3O3. The molecule has 9 heteroatoms. The number of nitrogens with zero attached hydrogens (tertiary/aromatic N) is 1. The van der Waals surface area contributed by atoms with Gasteiger partial charge in [0.2, 0.25) is 5.91 Å². The molecule has 3 rings (SSSR count). The molecule has 0 spiro atoms. The summed E-state index contributed by atoms with van der Waals surface area (Å²) in [7, 11) is 0. The van der Waals surface area contributed by atoms with E-state index in [1.807, 2.05) is 0 Å². The predicted molar refractivity (Wildman–Crippen MR) is 112 cm³/mol. The molecule has 0 aliphatic heterocycles. The Hall–Kier alpha value is -2.38. The minimum absolute atomic E-state index is 0.00275. The second-order valence-corrected chi connectivity index (χ2v) is 8.01. The molecule has 2 amide bonds. The molecule has 1 saturated carbocycles. The predicted octanol–water partition coefficient (Wildman–Crippen LogP) is 3.90. The van der Waals surface area contributed by atoms with E-state index in [1.165, 1.54) is 12.1 Å². The molecule has 0 radical (unpaired) electrons. The zero-order valence-electron chi connectivity index (χ0n) is 16.2. The second-order valence-electron chi connectivity index (χ2n) is 7.17. The van der Waals surface area contributed by atoms with E-state index >= 15 is 0 Å². The molecule has 1 aromatic heterocycles. The highest BCUT2D eigenvalue weighted by Crippen LogP contribution is 2.25. The van der Waals surface area contributed by atoms with Crippen molar-refractivity contribution in [1.82, 2.24) is 15.6 Å². The Morgan fingerprint density at radius 2 is 1.90 bits per heavy atom. The van der Waals surface area contributed by atoms with Gasteiger partial charge >= 0.3 is 0 Å². The Morgan fingerprint density at radius 1 is 1.13 bits per heavy atom. The number of rotatable bonds is 7. The van der Waals surface area contributed by atoms with E-state index in [0.29, 0.717) is 37.3 Å². The average Bonchev–Trinajstić information content (AvgIpc) is 2.74. The van der Waals surface area contributed by atoms with E-state index in [-0.39, 0.29) is 41.2 Å². The van der Waals surface area contributed by atoms with Gasteiger partial charge < -0.3 is 15.4 Å². The van der Waals surface area contributed by atoms with Crippen LogP contribution in [0.5, 0.6) is 5.75 Å². The Labute approximate surface area is 184 Å². The SMILES string of the molecule is O=C(COc1ccc(Cl)c(F)c1)N[C@H]1CC[C@H](C(=O)NCc2ccc(Cl)cn2)CC1. The third-order valence-corrected chi connectivity index (χ3v) is 5.49. The smallest absolute Gasteiger partial charge is 0.258 e. The van der Waals surface area contributed by atoms with Crippen molar-refractivity contribution in [3.63, 3.8) is 0 Å². The van der Waals surface area contributed by atoms with E-state index in [4.69, 9.17) is 27.9 Å². The molecule has 1 aliphatic rings. The minimum Gasteiger partial charge on any atom is -0.484 e. The number of pyridine rings is 1. The van der Waals surface area contributed by atoms with Crippen molar-refractivity contribution < 1.29 is 18.7 Å². The number of hydrogen-bond donors (Lipinski definition) is 2. The topological polar surface area (TPSA) is 80.3 Å². The lowest BCUT2D eigenvalue weighted by atomic mass is 9.85. The van der Waals surface area contributed by atoms with Crippen molar-refractivity contribution in [1.29, 1.82) is 0 Å². The van der Waals surface area contributed by atoms with E-state index in [2.05, 4.69) is 15.6 Å². The van der Waals surface area contributed by atoms with Gasteiger partial charge in [0.25, 0.3) is 5.91 Å². The zero-order chi connectivity index (χ0) is 21.5. The van der Waals surface area contributed by atoms with Crippen molar-refractivity contribution in [2.75, 3.05) is 6.61 Å². The number of hydrogen-bond acceptors (Lipinski definition) is 4. The minimum atomic E-state index is -0.599. The quantitative estimate of drug-likeness (QED) is 0.665. The molecule has 2 aromatic rings. The van der Waals surface area contributed by atoms with Crippen LogP contribution in [0.15, 0.2) is 36.5 Å². The maximum atomic E-state index is 13.4. The van der Waals surface area contributed by atoms with Crippen LogP contribution < -0.4 is 15.4 Å². The molecule has 1 aromatic carbocycles. The highest BCUT2D eigenvalue weighted by Gasteiger charge is 2.27. The van der Waals surface area contributed by atoms with E-state index < -0.39 is 5.82 Å². The van der Waals surface area contributed by atoms with Crippen LogP contribution >= 0.6 is 23.2 Å². The fourth-order valence-corrected chi connectivity index (χ4v) is 3.55. The molecule has 160 valence electrons. The molecule has 30 heavy (non-hydrogen) atoms. The molecule has 0 bridgehead atoms. The second kappa shape index (κ2) is 10.6. The molecule has 0 saturated heterocycles. The Balaban J connectivity index is 1.36. The van der Waals surface area contributed by atoms with Gasteiger partial charge in [-0.1, -0.05) is 23.2 Å². The molecule has 0 atom stereocenters. The molecule has 1 fully saturated rings. The zero-order valence-corrected chi connectivity index (χ0v) is 17.7. The summed E-state index contributed by atoms with van der Waals surface area (Å²) in [5, 5.41) is 6.35. The highest BCUT2D eigenvalue weighted by molar-refractivity contribution is 6.30. The van der Waals surface area contributed by atoms with Crippen molar-refractivity contribution in [3.05, 3.63) is 58.1 Å². The Bertz CT molecular complexity index is 888. The summed E-state index contributed by atoms with van der Waals surface area (Å²) in [5.41, 5.74) is 0.745. The summed E-state index contributed by atoms with van der Waals surface area (Å²) < 4.78 is 18.7. The van der Waals surface area contributed by atoms with Crippen LogP contribution in [0.4, 0.5) is 4.39 Å². The summed E-state index contributed by atoms with van der Waals surface area (Å²) in [6.45, 7) is 0.144.